The Morgan fingerprint density at radius 1 is 0.900 bits per heavy atom. The molecule has 0 aliphatic heterocycles. The van der Waals surface area contributed by atoms with Gasteiger partial charge in [-0.2, -0.15) is 0 Å². The van der Waals surface area contributed by atoms with Gasteiger partial charge in [-0.1, -0.05) is 24.3 Å². The summed E-state index contributed by atoms with van der Waals surface area (Å²) < 4.78 is 0. The van der Waals surface area contributed by atoms with Crippen molar-refractivity contribution >= 4 is 23.2 Å². The van der Waals surface area contributed by atoms with E-state index >= 15 is 0 Å². The maximum atomic E-state index is 10.7. The summed E-state index contributed by atoms with van der Waals surface area (Å²) in [4.78, 5) is 31.6. The van der Waals surface area contributed by atoms with Gasteiger partial charge >= 0.3 is 0 Å². The molecule has 0 saturated heterocycles. The lowest BCUT2D eigenvalue weighted by Gasteiger charge is -2.05. The minimum atomic E-state index is -0.392. The topological polar surface area (TPSA) is 127 Å². The van der Waals surface area contributed by atoms with Crippen molar-refractivity contribution in [3.05, 3.63) is 68.8 Å². The van der Waals surface area contributed by atoms with Crippen molar-refractivity contribution in [1.29, 1.82) is 0 Å². The molecule has 0 atom stereocenters. The Morgan fingerprint density at radius 3 is 1.80 bits per heavy atom. The van der Waals surface area contributed by atoms with Gasteiger partial charge in [0.2, 0.25) is 11.8 Å². The number of hydrogen-bond acceptors (Lipinski definition) is 5. The molecule has 0 aromatic heterocycles. The highest BCUT2D eigenvalue weighted by atomic mass is 16.6. The van der Waals surface area contributed by atoms with E-state index in [1.165, 1.54) is 13.8 Å². The summed E-state index contributed by atoms with van der Waals surface area (Å²) in [5.74, 6) is -0.0910. The number of carbonyl (C=O) groups excluding carboxylic acids is 2. The van der Waals surface area contributed by atoms with Crippen LogP contribution >= 0.6 is 0 Å². The number of rotatable bonds is 7. The number of nitrogens with zero attached hydrogens (tertiary/aromatic N) is 1. The SMILES string of the molecule is CC(=O)NCCc1ccc(C)c(N)c1.CC(=O)NCCc1ccc(C)c([N+](=O)[O-])c1. The molecule has 8 heteroatoms. The van der Waals surface area contributed by atoms with Crippen LogP contribution in [0.3, 0.4) is 0 Å². The number of nitro groups is 1. The third-order valence-electron chi connectivity index (χ3n) is 4.39. The largest absolute Gasteiger partial charge is 0.399 e. The van der Waals surface area contributed by atoms with Gasteiger partial charge in [-0.05, 0) is 49.4 Å². The summed E-state index contributed by atoms with van der Waals surface area (Å²) in [5, 5.41) is 16.1. The van der Waals surface area contributed by atoms with Gasteiger partial charge in [-0.15, -0.1) is 0 Å². The second-order valence-electron chi connectivity index (χ2n) is 7.03. The van der Waals surface area contributed by atoms with E-state index in [0.717, 1.165) is 28.8 Å². The fraction of sp³-hybridized carbons (Fsp3) is 0.364. The predicted molar refractivity (Wildman–Crippen MR) is 118 cm³/mol. The van der Waals surface area contributed by atoms with Crippen LogP contribution in [0.4, 0.5) is 11.4 Å². The van der Waals surface area contributed by atoms with E-state index in [4.69, 9.17) is 5.73 Å². The number of hydrogen-bond donors (Lipinski definition) is 3. The number of carbonyl (C=O) groups is 2. The van der Waals surface area contributed by atoms with Gasteiger partial charge in [-0.25, -0.2) is 0 Å². The average molecular weight is 415 g/mol. The van der Waals surface area contributed by atoms with Gasteiger partial charge in [0.25, 0.3) is 5.69 Å². The first kappa shape index (κ1) is 24.6. The number of nitrogen functional groups attached to an aromatic ring is 1. The van der Waals surface area contributed by atoms with Crippen molar-refractivity contribution in [2.75, 3.05) is 18.8 Å². The highest BCUT2D eigenvalue weighted by Gasteiger charge is 2.10. The lowest BCUT2D eigenvalue weighted by atomic mass is 10.1. The summed E-state index contributed by atoms with van der Waals surface area (Å²) in [7, 11) is 0. The van der Waals surface area contributed by atoms with Gasteiger partial charge in [0.1, 0.15) is 0 Å². The van der Waals surface area contributed by atoms with E-state index in [9.17, 15) is 19.7 Å². The molecule has 8 nitrogen and oxygen atoms in total. The molecular formula is C22H30N4O4. The number of aryl methyl sites for hydroxylation is 2. The highest BCUT2D eigenvalue weighted by molar-refractivity contribution is 5.73. The summed E-state index contributed by atoms with van der Waals surface area (Å²) in [6.45, 7) is 7.80. The third kappa shape index (κ3) is 9.18. The van der Waals surface area contributed by atoms with E-state index in [-0.39, 0.29) is 17.5 Å². The van der Waals surface area contributed by atoms with E-state index < -0.39 is 4.92 Å². The van der Waals surface area contributed by atoms with Crippen LogP contribution in [0, 0.1) is 24.0 Å². The van der Waals surface area contributed by atoms with E-state index in [1.807, 2.05) is 31.2 Å². The minimum absolute atomic E-state index is 0.00471. The molecular weight excluding hydrogens is 384 g/mol. The Hall–Kier alpha value is -3.42. The van der Waals surface area contributed by atoms with Gasteiger partial charge in [-0.3, -0.25) is 19.7 Å². The Bertz CT molecular complexity index is 897. The van der Waals surface area contributed by atoms with Gasteiger partial charge < -0.3 is 16.4 Å². The quantitative estimate of drug-likeness (QED) is 0.365. The minimum Gasteiger partial charge on any atom is -0.399 e. The molecule has 2 aromatic rings. The third-order valence-corrected chi connectivity index (χ3v) is 4.39. The van der Waals surface area contributed by atoms with Crippen molar-refractivity contribution in [2.45, 2.75) is 40.5 Å². The molecule has 0 aliphatic rings. The molecule has 0 fully saturated rings. The maximum Gasteiger partial charge on any atom is 0.272 e. The summed E-state index contributed by atoms with van der Waals surface area (Å²) >= 11 is 0. The monoisotopic (exact) mass is 414 g/mol. The fourth-order valence-corrected chi connectivity index (χ4v) is 2.62. The molecule has 162 valence electrons. The molecule has 0 radical (unpaired) electrons. The molecule has 2 amide bonds. The first-order valence-corrected chi connectivity index (χ1v) is 9.68. The van der Waals surface area contributed by atoms with Crippen LogP contribution in [-0.2, 0) is 22.4 Å². The van der Waals surface area contributed by atoms with Gasteiger partial charge in [0.05, 0.1) is 4.92 Å². The van der Waals surface area contributed by atoms with Crippen LogP contribution in [0.25, 0.3) is 0 Å². The van der Waals surface area contributed by atoms with Crippen LogP contribution in [0.5, 0.6) is 0 Å². The summed E-state index contributed by atoms with van der Waals surface area (Å²) in [6.07, 6.45) is 1.42. The van der Waals surface area contributed by atoms with E-state index in [0.29, 0.717) is 25.1 Å². The first-order chi connectivity index (χ1) is 14.1. The molecule has 0 unspecified atom stereocenters. The molecule has 30 heavy (non-hydrogen) atoms. The highest BCUT2D eigenvalue weighted by Crippen LogP contribution is 2.19. The normalized spacial score (nSPS) is 9.87. The smallest absolute Gasteiger partial charge is 0.272 e. The van der Waals surface area contributed by atoms with Crippen molar-refractivity contribution in [1.82, 2.24) is 10.6 Å². The van der Waals surface area contributed by atoms with Crippen molar-refractivity contribution in [3.8, 4) is 0 Å². The standard InChI is InChI=1S/C11H14N2O3.C11H16N2O/c1-8-3-4-10(5-6-12-9(2)14)7-11(8)13(15)16;1-8-3-4-10(7-11(8)12)5-6-13-9(2)14/h3-4,7H,5-6H2,1-2H3,(H,12,14);3-4,7H,5-6,12H2,1-2H3,(H,13,14). The van der Waals surface area contributed by atoms with Crippen LogP contribution in [-0.4, -0.2) is 29.8 Å². The zero-order valence-electron chi connectivity index (χ0n) is 18.0. The molecule has 0 saturated carbocycles. The number of nitrogens with one attached hydrogen (secondary N) is 2. The van der Waals surface area contributed by atoms with Crippen molar-refractivity contribution in [3.63, 3.8) is 0 Å². The van der Waals surface area contributed by atoms with Crippen LogP contribution in [0.15, 0.2) is 36.4 Å². The van der Waals surface area contributed by atoms with E-state index in [1.54, 1.807) is 19.1 Å². The summed E-state index contributed by atoms with van der Waals surface area (Å²) in [5.41, 5.74) is 10.4. The Balaban J connectivity index is 0.000000303. The zero-order chi connectivity index (χ0) is 22.7. The number of amides is 2. The van der Waals surface area contributed by atoms with Crippen LogP contribution in [0.2, 0.25) is 0 Å². The number of nitro benzene ring substituents is 1. The molecule has 4 N–H and O–H groups in total. The van der Waals surface area contributed by atoms with Gasteiger partial charge in [0.15, 0.2) is 0 Å². The zero-order valence-corrected chi connectivity index (χ0v) is 18.0. The fourth-order valence-electron chi connectivity index (χ4n) is 2.62. The number of benzene rings is 2. The molecule has 2 aromatic carbocycles. The Labute approximate surface area is 177 Å². The lowest BCUT2D eigenvalue weighted by molar-refractivity contribution is -0.385. The van der Waals surface area contributed by atoms with Crippen molar-refractivity contribution < 1.29 is 14.5 Å². The molecule has 2 rings (SSSR count). The van der Waals surface area contributed by atoms with Crippen molar-refractivity contribution in [2.24, 2.45) is 0 Å². The Morgan fingerprint density at radius 2 is 1.37 bits per heavy atom. The maximum absolute atomic E-state index is 10.7. The molecule has 0 heterocycles. The molecule has 0 spiro atoms. The second-order valence-corrected chi connectivity index (χ2v) is 7.03. The van der Waals surface area contributed by atoms with Gasteiger partial charge in [0, 0.05) is 44.3 Å². The predicted octanol–water partition coefficient (Wildman–Crippen LogP) is 2.84. The average Bonchev–Trinajstić information content (AvgIpc) is 2.66. The lowest BCUT2D eigenvalue weighted by Crippen LogP contribution is -2.22. The summed E-state index contributed by atoms with van der Waals surface area (Å²) in [6, 6.07) is 11.1. The van der Waals surface area contributed by atoms with Crippen LogP contribution in [0.1, 0.15) is 36.1 Å². The molecule has 0 aliphatic carbocycles. The second kappa shape index (κ2) is 12.2. The number of anilines is 1. The molecule has 0 bridgehead atoms. The van der Waals surface area contributed by atoms with E-state index in [2.05, 4.69) is 10.6 Å². The van der Waals surface area contributed by atoms with Crippen LogP contribution < -0.4 is 16.4 Å². The Kier molecular flexibility index (Phi) is 10.0. The first-order valence-electron chi connectivity index (χ1n) is 9.68. The number of nitrogens with two attached hydrogens (primary N) is 1.